The number of aliphatic hydroxyl groups excluding tert-OH is 2. The monoisotopic (exact) mass is 285 g/mol. The molecule has 0 fully saturated rings. The maximum atomic E-state index is 9.78. The van der Waals surface area contributed by atoms with E-state index in [1.54, 1.807) is 19.2 Å². The summed E-state index contributed by atoms with van der Waals surface area (Å²) in [4.78, 5) is 0. The molecule has 0 saturated carbocycles. The molecule has 114 valence electrons. The van der Waals surface area contributed by atoms with Gasteiger partial charge in [-0.1, -0.05) is 12.1 Å². The van der Waals surface area contributed by atoms with Gasteiger partial charge in [0.05, 0.1) is 19.8 Å². The predicted molar refractivity (Wildman–Crippen MR) is 75.2 cm³/mol. The van der Waals surface area contributed by atoms with E-state index >= 15 is 0 Å². The fraction of sp³-hybridized carbons (Fsp3) is 0.571. The molecule has 1 aromatic rings. The number of methoxy groups -OCH3 is 2. The Morgan fingerprint density at radius 3 is 2.20 bits per heavy atom. The molecule has 2 atom stereocenters. The van der Waals surface area contributed by atoms with E-state index in [1.807, 2.05) is 12.1 Å². The second kappa shape index (κ2) is 9.55. The maximum absolute atomic E-state index is 9.78. The summed E-state index contributed by atoms with van der Waals surface area (Å²) < 4.78 is 15.4. The van der Waals surface area contributed by atoms with E-state index in [0.717, 1.165) is 0 Å². The Morgan fingerprint density at radius 1 is 1.00 bits per heavy atom. The van der Waals surface area contributed by atoms with E-state index < -0.39 is 12.2 Å². The summed E-state index contributed by atoms with van der Waals surface area (Å²) in [7, 11) is 3.09. The van der Waals surface area contributed by atoms with Crippen molar-refractivity contribution in [3.8, 4) is 11.5 Å². The van der Waals surface area contributed by atoms with Gasteiger partial charge in [-0.3, -0.25) is 0 Å². The van der Waals surface area contributed by atoms with Crippen molar-refractivity contribution in [2.75, 3.05) is 40.5 Å². The van der Waals surface area contributed by atoms with Crippen LogP contribution in [0.4, 0.5) is 0 Å². The van der Waals surface area contributed by atoms with Crippen LogP contribution in [-0.2, 0) is 4.74 Å². The minimum atomic E-state index is -0.672. The van der Waals surface area contributed by atoms with Crippen LogP contribution < -0.4 is 14.8 Å². The van der Waals surface area contributed by atoms with Crippen LogP contribution in [0.25, 0.3) is 0 Å². The van der Waals surface area contributed by atoms with Crippen LogP contribution in [0.15, 0.2) is 24.3 Å². The largest absolute Gasteiger partial charge is 0.493 e. The SMILES string of the molecule is COCC(O)CNCC(O)COc1ccccc1OC. The minimum Gasteiger partial charge on any atom is -0.493 e. The van der Waals surface area contributed by atoms with Crippen molar-refractivity contribution in [1.29, 1.82) is 0 Å². The highest BCUT2D eigenvalue weighted by molar-refractivity contribution is 5.39. The average molecular weight is 285 g/mol. The highest BCUT2D eigenvalue weighted by Crippen LogP contribution is 2.25. The lowest BCUT2D eigenvalue weighted by molar-refractivity contribution is 0.0581. The molecule has 3 N–H and O–H groups in total. The number of aliphatic hydroxyl groups is 2. The number of hydrogen-bond donors (Lipinski definition) is 3. The Balaban J connectivity index is 2.24. The molecule has 0 radical (unpaired) electrons. The summed E-state index contributed by atoms with van der Waals surface area (Å²) >= 11 is 0. The Morgan fingerprint density at radius 2 is 1.60 bits per heavy atom. The van der Waals surface area contributed by atoms with Crippen LogP contribution in [0.1, 0.15) is 0 Å². The molecule has 0 amide bonds. The zero-order valence-electron chi connectivity index (χ0n) is 11.9. The van der Waals surface area contributed by atoms with Gasteiger partial charge < -0.3 is 29.7 Å². The number of hydrogen-bond acceptors (Lipinski definition) is 6. The second-order valence-electron chi connectivity index (χ2n) is 4.38. The molecular weight excluding hydrogens is 262 g/mol. The summed E-state index contributed by atoms with van der Waals surface area (Å²) in [5, 5.41) is 22.1. The number of para-hydroxylation sites is 2. The first-order valence-electron chi connectivity index (χ1n) is 6.49. The lowest BCUT2D eigenvalue weighted by atomic mass is 10.3. The van der Waals surface area contributed by atoms with Crippen molar-refractivity contribution in [2.24, 2.45) is 0 Å². The second-order valence-corrected chi connectivity index (χ2v) is 4.38. The predicted octanol–water partition coefficient (Wildman–Crippen LogP) is 0.0318. The number of ether oxygens (including phenoxy) is 3. The van der Waals surface area contributed by atoms with E-state index in [-0.39, 0.29) is 13.2 Å². The summed E-state index contributed by atoms with van der Waals surface area (Å²) in [6, 6.07) is 7.26. The van der Waals surface area contributed by atoms with E-state index in [2.05, 4.69) is 5.32 Å². The van der Waals surface area contributed by atoms with Gasteiger partial charge in [-0.2, -0.15) is 0 Å². The zero-order chi connectivity index (χ0) is 14.8. The molecule has 1 rings (SSSR count). The first-order chi connectivity index (χ1) is 9.67. The molecule has 2 unspecified atom stereocenters. The van der Waals surface area contributed by atoms with Gasteiger partial charge in [-0.15, -0.1) is 0 Å². The van der Waals surface area contributed by atoms with Gasteiger partial charge in [0.1, 0.15) is 12.7 Å². The van der Waals surface area contributed by atoms with Crippen molar-refractivity contribution in [3.63, 3.8) is 0 Å². The molecule has 0 aromatic heterocycles. The smallest absolute Gasteiger partial charge is 0.161 e. The van der Waals surface area contributed by atoms with Gasteiger partial charge in [0.25, 0.3) is 0 Å². The van der Waals surface area contributed by atoms with Crippen molar-refractivity contribution >= 4 is 0 Å². The molecular formula is C14H23NO5. The molecule has 0 aliphatic carbocycles. The Hall–Kier alpha value is -1.34. The van der Waals surface area contributed by atoms with Crippen molar-refractivity contribution in [3.05, 3.63) is 24.3 Å². The van der Waals surface area contributed by atoms with Crippen LogP contribution in [0.2, 0.25) is 0 Å². The van der Waals surface area contributed by atoms with Gasteiger partial charge in [0.2, 0.25) is 0 Å². The van der Waals surface area contributed by atoms with Crippen molar-refractivity contribution in [1.82, 2.24) is 5.32 Å². The van der Waals surface area contributed by atoms with E-state index in [9.17, 15) is 10.2 Å². The number of rotatable bonds is 10. The lowest BCUT2D eigenvalue weighted by Gasteiger charge is -2.16. The van der Waals surface area contributed by atoms with E-state index in [1.165, 1.54) is 7.11 Å². The van der Waals surface area contributed by atoms with Crippen LogP contribution >= 0.6 is 0 Å². The van der Waals surface area contributed by atoms with Crippen molar-refractivity contribution in [2.45, 2.75) is 12.2 Å². The molecule has 6 nitrogen and oxygen atoms in total. The molecule has 0 aliphatic heterocycles. The number of nitrogens with one attached hydrogen (secondary N) is 1. The molecule has 0 heterocycles. The third-order valence-electron chi connectivity index (χ3n) is 2.62. The molecule has 20 heavy (non-hydrogen) atoms. The highest BCUT2D eigenvalue weighted by Gasteiger charge is 2.09. The fourth-order valence-corrected chi connectivity index (χ4v) is 1.65. The molecule has 0 saturated heterocycles. The van der Waals surface area contributed by atoms with E-state index in [4.69, 9.17) is 14.2 Å². The Labute approximate surface area is 119 Å². The van der Waals surface area contributed by atoms with Gasteiger partial charge in [-0.25, -0.2) is 0 Å². The Kier molecular flexibility index (Phi) is 7.98. The fourth-order valence-electron chi connectivity index (χ4n) is 1.65. The zero-order valence-corrected chi connectivity index (χ0v) is 11.9. The summed E-state index contributed by atoms with van der Waals surface area (Å²) in [5.74, 6) is 1.22. The van der Waals surface area contributed by atoms with Gasteiger partial charge >= 0.3 is 0 Å². The number of benzene rings is 1. The van der Waals surface area contributed by atoms with Gasteiger partial charge in [-0.05, 0) is 12.1 Å². The normalized spacial score (nSPS) is 13.8. The molecule has 1 aromatic carbocycles. The highest BCUT2D eigenvalue weighted by atomic mass is 16.5. The van der Waals surface area contributed by atoms with E-state index in [0.29, 0.717) is 24.6 Å². The first-order valence-corrected chi connectivity index (χ1v) is 6.49. The lowest BCUT2D eigenvalue weighted by Crippen LogP contribution is -2.37. The van der Waals surface area contributed by atoms with Crippen LogP contribution in [0.5, 0.6) is 11.5 Å². The minimum absolute atomic E-state index is 0.147. The topological polar surface area (TPSA) is 80.2 Å². The molecule has 6 heteroatoms. The van der Waals surface area contributed by atoms with Crippen molar-refractivity contribution < 1.29 is 24.4 Å². The summed E-state index contributed by atoms with van der Waals surface area (Å²) in [6.45, 7) is 1.10. The van der Waals surface area contributed by atoms with Crippen LogP contribution in [0.3, 0.4) is 0 Å². The van der Waals surface area contributed by atoms with Crippen LogP contribution in [-0.4, -0.2) is 62.9 Å². The standard InChI is InChI=1S/C14H23NO5/c1-18-9-11(16)7-15-8-12(17)10-20-14-6-4-3-5-13(14)19-2/h3-6,11-12,15-17H,7-10H2,1-2H3. The quantitative estimate of drug-likeness (QED) is 0.563. The summed E-state index contributed by atoms with van der Waals surface area (Å²) in [6.07, 6.45) is -1.25. The average Bonchev–Trinajstić information content (AvgIpc) is 2.45. The molecule has 0 spiro atoms. The molecule has 0 bridgehead atoms. The third-order valence-corrected chi connectivity index (χ3v) is 2.62. The summed E-state index contributed by atoms with van der Waals surface area (Å²) in [5.41, 5.74) is 0. The first kappa shape index (κ1) is 16.7. The third kappa shape index (κ3) is 6.21. The Bertz CT molecular complexity index is 374. The molecule has 0 aliphatic rings. The van der Waals surface area contributed by atoms with Gasteiger partial charge in [0.15, 0.2) is 11.5 Å². The van der Waals surface area contributed by atoms with Gasteiger partial charge in [0, 0.05) is 20.2 Å². The maximum Gasteiger partial charge on any atom is 0.161 e. The van der Waals surface area contributed by atoms with Crippen LogP contribution in [0, 0.1) is 0 Å².